The number of rotatable bonds is 6. The zero-order valence-corrected chi connectivity index (χ0v) is 21.1. The van der Waals surface area contributed by atoms with Gasteiger partial charge in [0.25, 0.3) is 5.91 Å². The van der Waals surface area contributed by atoms with Crippen LogP contribution in [-0.4, -0.2) is 30.6 Å². The van der Waals surface area contributed by atoms with Crippen molar-refractivity contribution in [1.29, 1.82) is 0 Å². The van der Waals surface area contributed by atoms with Crippen LogP contribution < -0.4 is 15.1 Å². The summed E-state index contributed by atoms with van der Waals surface area (Å²) in [6, 6.07) is 11.8. The SMILES string of the molecule is CCCOc1ccc(C2c3c(oc4ccc(C)cc4c3=O)C(=O)N2c2nc(C)c(C(=O)OC)s2)cc1. The number of thiazole rings is 1. The Kier molecular flexibility index (Phi) is 6.09. The van der Waals surface area contributed by atoms with Crippen LogP contribution in [0.25, 0.3) is 11.0 Å². The van der Waals surface area contributed by atoms with Crippen molar-refractivity contribution in [3.05, 3.63) is 85.7 Å². The van der Waals surface area contributed by atoms with Gasteiger partial charge >= 0.3 is 5.97 Å². The minimum absolute atomic E-state index is 0.0277. The van der Waals surface area contributed by atoms with Gasteiger partial charge in [-0.2, -0.15) is 0 Å². The molecular weight excluding hydrogens is 480 g/mol. The molecule has 36 heavy (non-hydrogen) atoms. The van der Waals surface area contributed by atoms with Gasteiger partial charge in [-0.25, -0.2) is 9.78 Å². The van der Waals surface area contributed by atoms with Crippen molar-refractivity contribution in [2.45, 2.75) is 33.2 Å². The lowest BCUT2D eigenvalue weighted by Gasteiger charge is -2.22. The third kappa shape index (κ3) is 3.85. The maximum absolute atomic E-state index is 13.8. The van der Waals surface area contributed by atoms with E-state index in [2.05, 4.69) is 4.98 Å². The molecule has 0 spiro atoms. The van der Waals surface area contributed by atoms with Gasteiger partial charge in [-0.05, 0) is 50.1 Å². The van der Waals surface area contributed by atoms with Gasteiger partial charge in [0.15, 0.2) is 10.6 Å². The third-order valence-corrected chi connectivity index (χ3v) is 7.19. The molecule has 9 heteroatoms. The summed E-state index contributed by atoms with van der Waals surface area (Å²) in [5, 5.41) is 0.683. The molecule has 0 aliphatic carbocycles. The normalized spacial score (nSPS) is 14.8. The number of carbonyl (C=O) groups is 2. The van der Waals surface area contributed by atoms with E-state index in [0.717, 1.165) is 23.3 Å². The summed E-state index contributed by atoms with van der Waals surface area (Å²) in [5.41, 5.74) is 2.34. The molecule has 5 rings (SSSR count). The molecule has 8 nitrogen and oxygen atoms in total. The number of anilines is 1. The lowest BCUT2D eigenvalue weighted by molar-refractivity contribution is 0.0605. The maximum atomic E-state index is 13.8. The van der Waals surface area contributed by atoms with Crippen LogP contribution in [0.3, 0.4) is 0 Å². The number of esters is 1. The Bertz CT molecular complexity index is 1550. The van der Waals surface area contributed by atoms with Gasteiger partial charge < -0.3 is 13.9 Å². The average molecular weight is 505 g/mol. The van der Waals surface area contributed by atoms with Crippen LogP contribution in [0, 0.1) is 13.8 Å². The monoisotopic (exact) mass is 504 g/mol. The van der Waals surface area contributed by atoms with Crippen molar-refractivity contribution in [2.75, 3.05) is 18.6 Å². The highest BCUT2D eigenvalue weighted by Crippen LogP contribution is 2.43. The minimum atomic E-state index is -0.787. The lowest BCUT2D eigenvalue weighted by atomic mass is 9.98. The number of hydrogen-bond donors (Lipinski definition) is 0. The summed E-state index contributed by atoms with van der Waals surface area (Å²) < 4.78 is 16.6. The summed E-state index contributed by atoms with van der Waals surface area (Å²) in [5.74, 6) is -0.369. The largest absolute Gasteiger partial charge is 0.494 e. The predicted molar refractivity (Wildman–Crippen MR) is 136 cm³/mol. The molecule has 1 aliphatic rings. The molecule has 0 N–H and O–H groups in total. The van der Waals surface area contributed by atoms with E-state index in [1.807, 2.05) is 44.2 Å². The number of nitrogens with zero attached hydrogens (tertiary/aromatic N) is 2. The Morgan fingerprint density at radius 2 is 1.89 bits per heavy atom. The Morgan fingerprint density at radius 3 is 2.58 bits per heavy atom. The molecule has 184 valence electrons. The number of methoxy groups -OCH3 is 1. The summed E-state index contributed by atoms with van der Waals surface area (Å²) in [7, 11) is 1.29. The second-order valence-corrected chi connectivity index (χ2v) is 9.55. The zero-order valence-electron chi connectivity index (χ0n) is 20.3. The van der Waals surface area contributed by atoms with Crippen LogP contribution in [0.2, 0.25) is 0 Å². The van der Waals surface area contributed by atoms with E-state index < -0.39 is 17.9 Å². The van der Waals surface area contributed by atoms with Crippen molar-refractivity contribution >= 4 is 39.3 Å². The molecule has 0 saturated heterocycles. The fourth-order valence-corrected chi connectivity index (χ4v) is 5.34. The molecule has 0 fully saturated rings. The first-order valence-electron chi connectivity index (χ1n) is 11.5. The van der Waals surface area contributed by atoms with Crippen LogP contribution in [-0.2, 0) is 4.74 Å². The van der Waals surface area contributed by atoms with Crippen molar-refractivity contribution in [2.24, 2.45) is 0 Å². The fourth-order valence-electron chi connectivity index (χ4n) is 4.33. The molecule has 0 bridgehead atoms. The smallest absolute Gasteiger partial charge is 0.350 e. The fraction of sp³-hybridized carbons (Fsp3) is 0.259. The topological polar surface area (TPSA) is 98.9 Å². The summed E-state index contributed by atoms with van der Waals surface area (Å²) in [6.45, 7) is 6.18. The van der Waals surface area contributed by atoms with Gasteiger partial charge in [-0.3, -0.25) is 14.5 Å². The van der Waals surface area contributed by atoms with Crippen molar-refractivity contribution in [3.63, 3.8) is 0 Å². The van der Waals surface area contributed by atoms with E-state index in [1.165, 1.54) is 12.0 Å². The number of fused-ring (bicyclic) bond motifs is 2. The van der Waals surface area contributed by atoms with Gasteiger partial charge in [-0.1, -0.05) is 42.0 Å². The first-order valence-corrected chi connectivity index (χ1v) is 12.3. The number of amides is 1. The van der Waals surface area contributed by atoms with Gasteiger partial charge in [0.05, 0.1) is 36.4 Å². The zero-order chi connectivity index (χ0) is 25.6. The standard InChI is InChI=1S/C27H24N2O6S/c1-5-12-34-17-9-7-16(8-10-17)21-20-22(30)18-13-14(2)6-11-19(18)35-23(20)25(31)29(21)27-28-15(3)24(36-27)26(32)33-4/h6-11,13,21H,5,12H2,1-4H3. The van der Waals surface area contributed by atoms with E-state index >= 15 is 0 Å². The van der Waals surface area contributed by atoms with Crippen LogP contribution in [0.4, 0.5) is 5.13 Å². The molecule has 1 aliphatic heterocycles. The molecule has 0 radical (unpaired) electrons. The van der Waals surface area contributed by atoms with Crippen LogP contribution >= 0.6 is 11.3 Å². The van der Waals surface area contributed by atoms with E-state index in [4.69, 9.17) is 13.9 Å². The number of hydrogen-bond acceptors (Lipinski definition) is 8. The number of aryl methyl sites for hydroxylation is 2. The molecule has 1 atom stereocenters. The molecule has 1 unspecified atom stereocenters. The Labute approximate surface area is 211 Å². The second kappa shape index (κ2) is 9.23. The summed E-state index contributed by atoms with van der Waals surface area (Å²) in [6.07, 6.45) is 0.874. The van der Waals surface area contributed by atoms with Crippen molar-refractivity contribution in [1.82, 2.24) is 4.98 Å². The molecule has 3 heterocycles. The quantitative estimate of drug-likeness (QED) is 0.333. The van der Waals surface area contributed by atoms with Gasteiger partial charge in [0.2, 0.25) is 5.76 Å². The first-order chi connectivity index (χ1) is 17.3. The van der Waals surface area contributed by atoms with E-state index in [9.17, 15) is 14.4 Å². The van der Waals surface area contributed by atoms with Crippen molar-refractivity contribution < 1.29 is 23.5 Å². The predicted octanol–water partition coefficient (Wildman–Crippen LogP) is 5.19. The first kappa shape index (κ1) is 23.7. The Hall–Kier alpha value is -3.98. The van der Waals surface area contributed by atoms with E-state index in [1.54, 1.807) is 19.1 Å². The summed E-state index contributed by atoms with van der Waals surface area (Å²) in [4.78, 5) is 45.9. The number of benzene rings is 2. The molecule has 2 aromatic heterocycles. The van der Waals surface area contributed by atoms with Crippen LogP contribution in [0.1, 0.15) is 62.0 Å². The molecular formula is C27H24N2O6S. The highest BCUT2D eigenvalue weighted by Gasteiger charge is 2.45. The van der Waals surface area contributed by atoms with Gasteiger partial charge in [-0.15, -0.1) is 0 Å². The van der Waals surface area contributed by atoms with E-state index in [0.29, 0.717) is 39.5 Å². The highest BCUT2D eigenvalue weighted by atomic mass is 32.1. The van der Waals surface area contributed by atoms with E-state index in [-0.39, 0.29) is 21.9 Å². The summed E-state index contributed by atoms with van der Waals surface area (Å²) >= 11 is 1.04. The average Bonchev–Trinajstić information content (AvgIpc) is 3.40. The lowest BCUT2D eigenvalue weighted by Crippen LogP contribution is -2.29. The highest BCUT2D eigenvalue weighted by molar-refractivity contribution is 7.17. The van der Waals surface area contributed by atoms with Gasteiger partial charge in [0.1, 0.15) is 16.2 Å². The van der Waals surface area contributed by atoms with Crippen molar-refractivity contribution in [3.8, 4) is 5.75 Å². The number of aromatic nitrogens is 1. The Morgan fingerprint density at radius 1 is 1.14 bits per heavy atom. The molecule has 1 amide bonds. The number of carbonyl (C=O) groups excluding carboxylic acids is 2. The molecule has 4 aromatic rings. The third-order valence-electron chi connectivity index (χ3n) is 6.06. The second-order valence-electron chi connectivity index (χ2n) is 8.57. The number of ether oxygens (including phenoxy) is 2. The van der Waals surface area contributed by atoms with Gasteiger partial charge in [0, 0.05) is 0 Å². The maximum Gasteiger partial charge on any atom is 0.350 e. The van der Waals surface area contributed by atoms with Crippen LogP contribution in [0.5, 0.6) is 5.75 Å². The van der Waals surface area contributed by atoms with Crippen LogP contribution in [0.15, 0.2) is 51.7 Å². The molecule has 2 aromatic carbocycles. The minimum Gasteiger partial charge on any atom is -0.494 e. The molecule has 0 saturated carbocycles. The Balaban J connectivity index is 1.71.